The van der Waals surface area contributed by atoms with Gasteiger partial charge in [0.2, 0.25) is 5.91 Å². The molecule has 0 atom stereocenters. The second-order valence-corrected chi connectivity index (χ2v) is 3.88. The lowest BCUT2D eigenvalue weighted by Gasteiger charge is -2.05. The minimum absolute atomic E-state index is 0.0918. The summed E-state index contributed by atoms with van der Waals surface area (Å²) in [4.78, 5) is 10.7. The molecule has 0 bridgehead atoms. The Kier molecular flexibility index (Phi) is 3.61. The van der Waals surface area contributed by atoms with Crippen LogP contribution in [0.3, 0.4) is 0 Å². The fourth-order valence-corrected chi connectivity index (χ4v) is 1.69. The van der Waals surface area contributed by atoms with E-state index in [0.29, 0.717) is 6.54 Å². The van der Waals surface area contributed by atoms with Crippen LogP contribution < -0.4 is 11.1 Å². The van der Waals surface area contributed by atoms with E-state index >= 15 is 0 Å². The van der Waals surface area contributed by atoms with Gasteiger partial charge in [0.05, 0.1) is 24.1 Å². The molecule has 0 fully saturated rings. The third-order valence-electron chi connectivity index (χ3n) is 2.53. The SMILES string of the molecule is CCn1nccc1CNc1cnn(CC(N)=O)c1. The second-order valence-electron chi connectivity index (χ2n) is 3.88. The number of aryl methyl sites for hydroxylation is 1. The van der Waals surface area contributed by atoms with Gasteiger partial charge in [-0.25, -0.2) is 0 Å². The highest BCUT2D eigenvalue weighted by Crippen LogP contribution is 2.07. The zero-order chi connectivity index (χ0) is 13.0. The lowest BCUT2D eigenvalue weighted by Crippen LogP contribution is -2.18. The highest BCUT2D eigenvalue weighted by molar-refractivity contribution is 5.73. The Hall–Kier alpha value is -2.31. The standard InChI is InChI=1S/C11H16N6O/c1-2-17-10(3-4-14-17)6-13-9-5-15-16(7-9)8-11(12)18/h3-5,7,13H,2,6,8H2,1H3,(H2,12,18). The van der Waals surface area contributed by atoms with Crippen LogP contribution in [0.1, 0.15) is 12.6 Å². The van der Waals surface area contributed by atoms with Gasteiger partial charge in [0.15, 0.2) is 0 Å². The molecule has 96 valence electrons. The van der Waals surface area contributed by atoms with Crippen molar-refractivity contribution in [2.45, 2.75) is 26.6 Å². The number of carbonyl (C=O) groups excluding carboxylic acids is 1. The molecule has 0 aliphatic carbocycles. The minimum atomic E-state index is -0.409. The van der Waals surface area contributed by atoms with Crippen molar-refractivity contribution in [2.24, 2.45) is 5.73 Å². The summed E-state index contributed by atoms with van der Waals surface area (Å²) in [6, 6.07) is 1.96. The van der Waals surface area contributed by atoms with E-state index in [1.165, 1.54) is 4.68 Å². The van der Waals surface area contributed by atoms with E-state index in [0.717, 1.165) is 17.9 Å². The number of nitrogens with zero attached hydrogens (tertiary/aromatic N) is 4. The molecule has 3 N–H and O–H groups in total. The predicted octanol–water partition coefficient (Wildman–Crippen LogP) is 0.197. The average Bonchev–Trinajstić information content (AvgIpc) is 2.93. The monoisotopic (exact) mass is 248 g/mol. The molecule has 0 aliphatic heterocycles. The van der Waals surface area contributed by atoms with Gasteiger partial charge in [-0.1, -0.05) is 0 Å². The maximum absolute atomic E-state index is 10.7. The van der Waals surface area contributed by atoms with Gasteiger partial charge in [-0.2, -0.15) is 10.2 Å². The first-order valence-corrected chi connectivity index (χ1v) is 5.74. The molecule has 0 spiro atoms. The fourth-order valence-electron chi connectivity index (χ4n) is 1.69. The van der Waals surface area contributed by atoms with Crippen molar-refractivity contribution in [3.63, 3.8) is 0 Å². The highest BCUT2D eigenvalue weighted by Gasteiger charge is 2.03. The summed E-state index contributed by atoms with van der Waals surface area (Å²) < 4.78 is 3.42. The van der Waals surface area contributed by atoms with Crippen molar-refractivity contribution < 1.29 is 4.79 Å². The topological polar surface area (TPSA) is 90.8 Å². The first-order valence-electron chi connectivity index (χ1n) is 5.74. The summed E-state index contributed by atoms with van der Waals surface area (Å²) in [5.41, 5.74) is 7.04. The van der Waals surface area contributed by atoms with Crippen molar-refractivity contribution in [3.8, 4) is 0 Å². The lowest BCUT2D eigenvalue weighted by molar-refractivity contribution is -0.118. The number of carbonyl (C=O) groups is 1. The van der Waals surface area contributed by atoms with Gasteiger partial charge in [-0.15, -0.1) is 0 Å². The van der Waals surface area contributed by atoms with Gasteiger partial charge in [0.25, 0.3) is 0 Å². The van der Waals surface area contributed by atoms with Gasteiger partial charge < -0.3 is 11.1 Å². The Morgan fingerprint density at radius 2 is 2.33 bits per heavy atom. The van der Waals surface area contributed by atoms with Crippen LogP contribution in [0, 0.1) is 0 Å². The summed E-state index contributed by atoms with van der Waals surface area (Å²) >= 11 is 0. The molecule has 18 heavy (non-hydrogen) atoms. The Balaban J connectivity index is 1.94. The number of anilines is 1. The average molecular weight is 248 g/mol. The quantitative estimate of drug-likeness (QED) is 0.763. The first kappa shape index (κ1) is 12.2. The lowest BCUT2D eigenvalue weighted by atomic mass is 10.4. The van der Waals surface area contributed by atoms with Gasteiger partial charge in [0, 0.05) is 18.9 Å². The molecule has 0 aromatic carbocycles. The summed E-state index contributed by atoms with van der Waals surface area (Å²) in [5.74, 6) is -0.409. The molecular formula is C11H16N6O. The molecular weight excluding hydrogens is 232 g/mol. The Morgan fingerprint density at radius 1 is 1.50 bits per heavy atom. The smallest absolute Gasteiger partial charge is 0.239 e. The maximum atomic E-state index is 10.7. The number of amides is 1. The minimum Gasteiger partial charge on any atom is -0.377 e. The van der Waals surface area contributed by atoms with Crippen molar-refractivity contribution in [1.29, 1.82) is 0 Å². The maximum Gasteiger partial charge on any atom is 0.239 e. The van der Waals surface area contributed by atoms with E-state index in [4.69, 9.17) is 5.73 Å². The molecule has 0 radical (unpaired) electrons. The van der Waals surface area contributed by atoms with E-state index in [-0.39, 0.29) is 6.54 Å². The molecule has 0 saturated heterocycles. The van der Waals surface area contributed by atoms with Gasteiger partial charge in [0.1, 0.15) is 6.54 Å². The molecule has 2 rings (SSSR count). The summed E-state index contributed by atoms with van der Waals surface area (Å²) in [6.07, 6.45) is 5.18. The zero-order valence-corrected chi connectivity index (χ0v) is 10.2. The van der Waals surface area contributed by atoms with Crippen molar-refractivity contribution >= 4 is 11.6 Å². The van der Waals surface area contributed by atoms with E-state index in [1.54, 1.807) is 18.6 Å². The Bertz CT molecular complexity index is 529. The fraction of sp³-hybridized carbons (Fsp3) is 0.364. The highest BCUT2D eigenvalue weighted by atomic mass is 16.1. The Labute approximate surface area is 105 Å². The molecule has 2 aromatic heterocycles. The largest absolute Gasteiger partial charge is 0.377 e. The van der Waals surface area contributed by atoms with Crippen LogP contribution in [0.5, 0.6) is 0 Å². The van der Waals surface area contributed by atoms with Gasteiger partial charge in [-0.3, -0.25) is 14.2 Å². The molecule has 0 unspecified atom stereocenters. The molecule has 0 aliphatic rings. The van der Waals surface area contributed by atoms with Crippen molar-refractivity contribution in [3.05, 3.63) is 30.4 Å². The van der Waals surface area contributed by atoms with E-state index < -0.39 is 5.91 Å². The molecule has 7 nitrogen and oxygen atoms in total. The molecule has 2 heterocycles. The third kappa shape index (κ3) is 2.88. The normalized spacial score (nSPS) is 10.5. The van der Waals surface area contributed by atoms with E-state index in [2.05, 4.69) is 15.5 Å². The summed E-state index contributed by atoms with van der Waals surface area (Å²) in [5, 5.41) is 11.4. The number of nitrogens with one attached hydrogen (secondary N) is 1. The van der Waals surface area contributed by atoms with Gasteiger partial charge in [-0.05, 0) is 13.0 Å². The van der Waals surface area contributed by atoms with E-state index in [9.17, 15) is 4.79 Å². The predicted molar refractivity (Wildman–Crippen MR) is 66.6 cm³/mol. The van der Waals surface area contributed by atoms with Crippen LogP contribution in [0.15, 0.2) is 24.7 Å². The number of hydrogen-bond acceptors (Lipinski definition) is 4. The molecule has 7 heteroatoms. The molecule has 2 aromatic rings. The van der Waals surface area contributed by atoms with Crippen LogP contribution in [0.2, 0.25) is 0 Å². The zero-order valence-electron chi connectivity index (χ0n) is 10.2. The first-order chi connectivity index (χ1) is 8.69. The molecule has 0 saturated carbocycles. The number of aromatic nitrogens is 4. The number of primary amides is 1. The number of nitrogens with two attached hydrogens (primary N) is 1. The summed E-state index contributed by atoms with van der Waals surface area (Å²) in [7, 11) is 0. The second kappa shape index (κ2) is 5.35. The van der Waals surface area contributed by atoms with Gasteiger partial charge >= 0.3 is 0 Å². The number of hydrogen-bond donors (Lipinski definition) is 2. The number of rotatable bonds is 6. The summed E-state index contributed by atoms with van der Waals surface area (Å²) in [6.45, 7) is 3.64. The molecule has 1 amide bonds. The van der Waals surface area contributed by atoms with Crippen LogP contribution >= 0.6 is 0 Å². The van der Waals surface area contributed by atoms with Crippen molar-refractivity contribution in [1.82, 2.24) is 19.6 Å². The van der Waals surface area contributed by atoms with Crippen LogP contribution in [0.4, 0.5) is 5.69 Å². The Morgan fingerprint density at radius 3 is 3.06 bits per heavy atom. The third-order valence-corrected chi connectivity index (χ3v) is 2.53. The van der Waals surface area contributed by atoms with Crippen LogP contribution in [-0.2, 0) is 24.4 Å². The van der Waals surface area contributed by atoms with Crippen LogP contribution in [-0.4, -0.2) is 25.5 Å². The van der Waals surface area contributed by atoms with Crippen LogP contribution in [0.25, 0.3) is 0 Å². The van der Waals surface area contributed by atoms with Crippen molar-refractivity contribution in [2.75, 3.05) is 5.32 Å². The van der Waals surface area contributed by atoms with E-state index in [1.807, 2.05) is 17.7 Å².